The first-order valence-corrected chi connectivity index (χ1v) is 10.3. The Hall–Kier alpha value is -2.37. The molecule has 28 heavy (non-hydrogen) atoms. The highest BCUT2D eigenvalue weighted by Gasteiger charge is 2.15. The minimum atomic E-state index is -0.142. The van der Waals surface area contributed by atoms with Crippen molar-refractivity contribution < 1.29 is 4.79 Å². The number of amides is 1. The van der Waals surface area contributed by atoms with Gasteiger partial charge in [-0.1, -0.05) is 30.2 Å². The maximum atomic E-state index is 12.9. The summed E-state index contributed by atoms with van der Waals surface area (Å²) >= 11 is 6.08. The van der Waals surface area contributed by atoms with Crippen molar-refractivity contribution in [3.63, 3.8) is 0 Å². The molecule has 2 aromatic carbocycles. The molecular formula is C22H25ClN4O. The minimum absolute atomic E-state index is 0.142. The molecule has 0 unspecified atom stereocenters. The van der Waals surface area contributed by atoms with Gasteiger partial charge in [-0.2, -0.15) is 0 Å². The van der Waals surface area contributed by atoms with Crippen LogP contribution >= 0.6 is 11.6 Å². The summed E-state index contributed by atoms with van der Waals surface area (Å²) in [6.07, 6.45) is 3.84. The summed E-state index contributed by atoms with van der Waals surface area (Å²) in [6, 6.07) is 13.5. The largest absolute Gasteiger partial charge is 0.310 e. The van der Waals surface area contributed by atoms with Crippen molar-refractivity contribution in [2.75, 3.05) is 18.4 Å². The average Bonchev–Trinajstić information content (AvgIpc) is 3.04. The van der Waals surface area contributed by atoms with Gasteiger partial charge in [-0.05, 0) is 68.8 Å². The van der Waals surface area contributed by atoms with Crippen molar-refractivity contribution in [1.29, 1.82) is 0 Å². The van der Waals surface area contributed by atoms with Gasteiger partial charge in [0, 0.05) is 23.7 Å². The Morgan fingerprint density at radius 1 is 1.14 bits per heavy atom. The van der Waals surface area contributed by atoms with E-state index in [1.807, 2.05) is 47.9 Å². The minimum Gasteiger partial charge on any atom is -0.310 e. The fraction of sp³-hybridized carbons (Fsp3) is 0.364. The van der Waals surface area contributed by atoms with Crippen LogP contribution in [-0.4, -0.2) is 33.4 Å². The van der Waals surface area contributed by atoms with E-state index in [0.29, 0.717) is 23.1 Å². The van der Waals surface area contributed by atoms with Gasteiger partial charge in [-0.25, -0.2) is 4.98 Å². The van der Waals surface area contributed by atoms with Gasteiger partial charge >= 0.3 is 0 Å². The predicted octanol–water partition coefficient (Wildman–Crippen LogP) is 4.95. The number of nitrogens with zero attached hydrogens (tertiary/aromatic N) is 3. The summed E-state index contributed by atoms with van der Waals surface area (Å²) < 4.78 is 1.99. The molecule has 0 bridgehead atoms. The van der Waals surface area contributed by atoms with E-state index in [-0.39, 0.29) is 5.91 Å². The zero-order chi connectivity index (χ0) is 19.5. The Balaban J connectivity index is 1.53. The number of aromatic nitrogens is 2. The molecular weight excluding hydrogens is 372 g/mol. The third kappa shape index (κ3) is 4.05. The van der Waals surface area contributed by atoms with Crippen LogP contribution < -0.4 is 5.32 Å². The smallest absolute Gasteiger partial charge is 0.257 e. The molecule has 0 spiro atoms. The summed E-state index contributed by atoms with van der Waals surface area (Å²) in [5.74, 6) is 0.405. The number of halogens is 1. The lowest BCUT2D eigenvalue weighted by Gasteiger charge is -2.26. The first-order chi connectivity index (χ1) is 13.6. The third-order valence-corrected chi connectivity index (χ3v) is 5.53. The van der Waals surface area contributed by atoms with E-state index in [4.69, 9.17) is 11.6 Å². The number of hydrogen-bond donors (Lipinski definition) is 1. The number of imidazole rings is 1. The molecule has 0 radical (unpaired) electrons. The van der Waals surface area contributed by atoms with Gasteiger partial charge in [-0.15, -0.1) is 0 Å². The molecule has 1 N–H and O–H groups in total. The highest BCUT2D eigenvalue weighted by Crippen LogP contribution is 2.23. The van der Waals surface area contributed by atoms with Gasteiger partial charge in [0.1, 0.15) is 0 Å². The van der Waals surface area contributed by atoms with Crippen LogP contribution in [0.25, 0.3) is 11.0 Å². The van der Waals surface area contributed by atoms with E-state index in [0.717, 1.165) is 30.7 Å². The van der Waals surface area contributed by atoms with Gasteiger partial charge in [0.2, 0.25) is 5.95 Å². The van der Waals surface area contributed by atoms with E-state index in [1.54, 1.807) is 0 Å². The number of carbonyl (C=O) groups is 1. The van der Waals surface area contributed by atoms with Crippen LogP contribution in [0, 0.1) is 0 Å². The Morgan fingerprint density at radius 2 is 1.96 bits per heavy atom. The van der Waals surface area contributed by atoms with Crippen molar-refractivity contribution in [3.8, 4) is 0 Å². The number of rotatable bonds is 5. The number of nitrogens with one attached hydrogen (secondary N) is 1. The number of fused-ring (bicyclic) bond motifs is 1. The van der Waals surface area contributed by atoms with Crippen molar-refractivity contribution in [2.45, 2.75) is 39.3 Å². The summed E-state index contributed by atoms with van der Waals surface area (Å²) in [5, 5.41) is 3.61. The molecule has 5 nitrogen and oxygen atoms in total. The van der Waals surface area contributed by atoms with E-state index in [2.05, 4.69) is 21.3 Å². The number of anilines is 1. The maximum Gasteiger partial charge on any atom is 0.257 e. The zero-order valence-corrected chi connectivity index (χ0v) is 16.9. The first-order valence-electron chi connectivity index (χ1n) is 9.92. The monoisotopic (exact) mass is 396 g/mol. The molecule has 1 aliphatic heterocycles. The molecule has 1 saturated heterocycles. The van der Waals surface area contributed by atoms with Gasteiger partial charge in [0.25, 0.3) is 5.91 Å². The second-order valence-corrected chi connectivity index (χ2v) is 7.74. The Labute approximate surface area is 170 Å². The van der Waals surface area contributed by atoms with Crippen LogP contribution in [0.5, 0.6) is 0 Å². The van der Waals surface area contributed by atoms with Crippen LogP contribution in [0.1, 0.15) is 42.1 Å². The highest BCUT2D eigenvalue weighted by atomic mass is 35.5. The summed E-state index contributed by atoms with van der Waals surface area (Å²) in [7, 11) is 0. The molecule has 6 heteroatoms. The van der Waals surface area contributed by atoms with Crippen LogP contribution in [0.4, 0.5) is 5.95 Å². The number of hydrogen-bond acceptors (Lipinski definition) is 3. The maximum absolute atomic E-state index is 12.9. The molecule has 146 valence electrons. The fourth-order valence-electron chi connectivity index (χ4n) is 3.88. The summed E-state index contributed by atoms with van der Waals surface area (Å²) in [5.41, 5.74) is 3.57. The molecule has 3 aromatic rings. The summed E-state index contributed by atoms with van der Waals surface area (Å²) in [4.78, 5) is 19.9. The van der Waals surface area contributed by atoms with Gasteiger partial charge < -0.3 is 4.57 Å². The number of aryl methyl sites for hydroxylation is 1. The topological polar surface area (TPSA) is 50.2 Å². The van der Waals surface area contributed by atoms with Gasteiger partial charge in [0.15, 0.2) is 0 Å². The van der Waals surface area contributed by atoms with Crippen LogP contribution in [0.15, 0.2) is 42.5 Å². The van der Waals surface area contributed by atoms with Crippen LogP contribution in [-0.2, 0) is 13.1 Å². The van der Waals surface area contributed by atoms with Gasteiger partial charge in [0.05, 0.1) is 11.0 Å². The molecule has 0 atom stereocenters. The van der Waals surface area contributed by atoms with Crippen molar-refractivity contribution in [3.05, 3.63) is 58.6 Å². The first kappa shape index (κ1) is 19.0. The molecule has 0 aliphatic carbocycles. The highest BCUT2D eigenvalue weighted by molar-refractivity contribution is 6.31. The normalized spacial score (nSPS) is 15.1. The third-order valence-electron chi connectivity index (χ3n) is 5.30. The van der Waals surface area contributed by atoms with Crippen LogP contribution in [0.3, 0.4) is 0 Å². The fourth-order valence-corrected chi connectivity index (χ4v) is 4.05. The SMILES string of the molecule is CCn1c(NC(=O)c2cccc(CN3CCCCC3)c2)nc2cc(Cl)ccc21. The Morgan fingerprint density at radius 3 is 2.75 bits per heavy atom. The molecule has 1 fully saturated rings. The van der Waals surface area contributed by atoms with E-state index in [9.17, 15) is 4.79 Å². The molecule has 1 aliphatic rings. The molecule has 1 aromatic heterocycles. The van der Waals surface area contributed by atoms with Gasteiger partial charge in [-0.3, -0.25) is 15.0 Å². The number of piperidine rings is 1. The van der Waals surface area contributed by atoms with Crippen molar-refractivity contribution >= 4 is 34.5 Å². The quantitative estimate of drug-likeness (QED) is 0.664. The van der Waals surface area contributed by atoms with Crippen molar-refractivity contribution in [1.82, 2.24) is 14.5 Å². The number of carbonyl (C=O) groups excluding carboxylic acids is 1. The molecule has 4 rings (SSSR count). The second kappa shape index (κ2) is 8.33. The molecule has 1 amide bonds. The van der Waals surface area contributed by atoms with E-state index < -0.39 is 0 Å². The standard InChI is InChI=1S/C22H25ClN4O/c1-2-27-20-10-9-18(23)14-19(20)24-22(27)25-21(28)17-8-6-7-16(13-17)15-26-11-4-3-5-12-26/h6-10,13-14H,2-5,11-12,15H2,1H3,(H,24,25,28). The zero-order valence-electron chi connectivity index (χ0n) is 16.1. The van der Waals surface area contributed by atoms with Crippen molar-refractivity contribution in [2.24, 2.45) is 0 Å². The summed E-state index contributed by atoms with van der Waals surface area (Å²) in [6.45, 7) is 5.92. The number of benzene rings is 2. The molecule has 0 saturated carbocycles. The second-order valence-electron chi connectivity index (χ2n) is 7.30. The van der Waals surface area contributed by atoms with Crippen LogP contribution in [0.2, 0.25) is 5.02 Å². The predicted molar refractivity (Wildman–Crippen MR) is 114 cm³/mol. The lowest BCUT2D eigenvalue weighted by atomic mass is 10.1. The average molecular weight is 397 g/mol. The lowest BCUT2D eigenvalue weighted by molar-refractivity contribution is 0.102. The van der Waals surface area contributed by atoms with E-state index in [1.165, 1.54) is 24.8 Å². The lowest BCUT2D eigenvalue weighted by Crippen LogP contribution is -2.29. The Bertz CT molecular complexity index is 991. The number of likely N-dealkylation sites (tertiary alicyclic amines) is 1. The van der Waals surface area contributed by atoms with E-state index >= 15 is 0 Å². The molecule has 2 heterocycles. The Kier molecular flexibility index (Phi) is 5.64.